The molecule has 0 radical (unpaired) electrons. The molecule has 2 N–H and O–H groups in total. The van der Waals surface area contributed by atoms with Gasteiger partial charge in [-0.3, -0.25) is 4.98 Å². The Kier molecular flexibility index (Phi) is 3.79. The Morgan fingerprint density at radius 2 is 2.29 bits per heavy atom. The highest BCUT2D eigenvalue weighted by Gasteiger charge is 2.12. The molecule has 0 bridgehead atoms. The second-order valence-electron chi connectivity index (χ2n) is 4.72. The van der Waals surface area contributed by atoms with Gasteiger partial charge in [0.25, 0.3) is 0 Å². The molecule has 1 atom stereocenters. The maximum atomic E-state index is 5.96. The van der Waals surface area contributed by atoms with E-state index in [1.165, 1.54) is 11.3 Å². The van der Waals surface area contributed by atoms with Crippen LogP contribution in [0.3, 0.4) is 0 Å². The molecule has 1 aliphatic heterocycles. The molecule has 1 aromatic rings. The zero-order valence-electron chi connectivity index (χ0n) is 10.7. The van der Waals surface area contributed by atoms with Gasteiger partial charge in [0.05, 0.1) is 17.6 Å². The van der Waals surface area contributed by atoms with Gasteiger partial charge < -0.3 is 10.6 Å². The zero-order chi connectivity index (χ0) is 12.3. The molecule has 1 aromatic heterocycles. The number of hydrogen-bond donors (Lipinski definition) is 1. The lowest BCUT2D eigenvalue weighted by Gasteiger charge is -2.28. The van der Waals surface area contributed by atoms with Crippen LogP contribution in [0.5, 0.6) is 0 Å². The summed E-state index contributed by atoms with van der Waals surface area (Å²) in [5, 5.41) is 0. The molecule has 2 heterocycles. The Morgan fingerprint density at radius 3 is 2.88 bits per heavy atom. The standard InChI is InChI=1S/C14H21N3/c1-3-13(15)14-7-6-12(9-16-14)17-8-4-5-11(2)10-17/h5-7,9,13H,3-4,8,10,15H2,1-2H3/t13-/m0/s1. The van der Waals surface area contributed by atoms with Gasteiger partial charge in [-0.15, -0.1) is 0 Å². The van der Waals surface area contributed by atoms with Crippen molar-refractivity contribution in [1.82, 2.24) is 4.98 Å². The van der Waals surface area contributed by atoms with E-state index < -0.39 is 0 Å². The van der Waals surface area contributed by atoms with Gasteiger partial charge in [0.1, 0.15) is 0 Å². The summed E-state index contributed by atoms with van der Waals surface area (Å²) in [6.45, 7) is 6.36. The van der Waals surface area contributed by atoms with Crippen LogP contribution in [0.4, 0.5) is 5.69 Å². The smallest absolute Gasteiger partial charge is 0.0572 e. The summed E-state index contributed by atoms with van der Waals surface area (Å²) in [6.07, 6.45) is 6.31. The van der Waals surface area contributed by atoms with E-state index in [1.54, 1.807) is 0 Å². The van der Waals surface area contributed by atoms with Crippen molar-refractivity contribution in [3.05, 3.63) is 35.7 Å². The van der Waals surface area contributed by atoms with Crippen molar-refractivity contribution in [1.29, 1.82) is 0 Å². The lowest BCUT2D eigenvalue weighted by molar-refractivity contribution is 0.674. The Morgan fingerprint density at radius 1 is 1.47 bits per heavy atom. The molecule has 3 heteroatoms. The number of nitrogens with zero attached hydrogens (tertiary/aromatic N) is 2. The summed E-state index contributed by atoms with van der Waals surface area (Å²) in [5.74, 6) is 0. The minimum absolute atomic E-state index is 0.0621. The first kappa shape index (κ1) is 12.1. The van der Waals surface area contributed by atoms with E-state index in [-0.39, 0.29) is 6.04 Å². The normalized spacial score (nSPS) is 17.8. The molecular weight excluding hydrogens is 210 g/mol. The second kappa shape index (κ2) is 5.32. The summed E-state index contributed by atoms with van der Waals surface area (Å²) < 4.78 is 0. The molecule has 0 amide bonds. The van der Waals surface area contributed by atoms with Gasteiger partial charge >= 0.3 is 0 Å². The van der Waals surface area contributed by atoms with Crippen molar-refractivity contribution in [2.75, 3.05) is 18.0 Å². The molecule has 0 aromatic carbocycles. The number of pyridine rings is 1. The third-order valence-corrected chi connectivity index (χ3v) is 3.29. The van der Waals surface area contributed by atoms with Gasteiger partial charge in [0.2, 0.25) is 0 Å². The number of nitrogens with two attached hydrogens (primary N) is 1. The van der Waals surface area contributed by atoms with Crippen molar-refractivity contribution in [3.63, 3.8) is 0 Å². The molecule has 0 saturated carbocycles. The maximum absolute atomic E-state index is 5.96. The first-order chi connectivity index (χ1) is 8.20. The lowest BCUT2D eigenvalue weighted by Crippen LogP contribution is -2.29. The van der Waals surface area contributed by atoms with Crippen LogP contribution in [-0.2, 0) is 0 Å². The van der Waals surface area contributed by atoms with Crippen LogP contribution in [0.25, 0.3) is 0 Å². The SMILES string of the molecule is CC[C@H](N)c1ccc(N2CCC=C(C)C2)cn1. The van der Waals surface area contributed by atoms with Crippen molar-refractivity contribution >= 4 is 5.69 Å². The van der Waals surface area contributed by atoms with E-state index >= 15 is 0 Å². The largest absolute Gasteiger partial charge is 0.366 e. The first-order valence-electron chi connectivity index (χ1n) is 6.33. The summed E-state index contributed by atoms with van der Waals surface area (Å²) in [4.78, 5) is 6.83. The van der Waals surface area contributed by atoms with Crippen molar-refractivity contribution in [3.8, 4) is 0 Å². The molecule has 3 nitrogen and oxygen atoms in total. The monoisotopic (exact) mass is 231 g/mol. The van der Waals surface area contributed by atoms with E-state index in [2.05, 4.69) is 41.9 Å². The van der Waals surface area contributed by atoms with E-state index in [0.717, 1.165) is 31.6 Å². The molecule has 0 saturated heterocycles. The van der Waals surface area contributed by atoms with Crippen LogP contribution in [0, 0.1) is 0 Å². The Labute approximate surface area is 103 Å². The van der Waals surface area contributed by atoms with Crippen LogP contribution >= 0.6 is 0 Å². The number of rotatable bonds is 3. The molecule has 0 aliphatic carbocycles. The third kappa shape index (κ3) is 2.86. The number of aromatic nitrogens is 1. The minimum Gasteiger partial charge on any atom is -0.366 e. The highest BCUT2D eigenvalue weighted by Crippen LogP contribution is 2.20. The molecule has 2 rings (SSSR count). The minimum atomic E-state index is 0.0621. The topological polar surface area (TPSA) is 42.1 Å². The Hall–Kier alpha value is -1.35. The van der Waals surface area contributed by atoms with Crippen LogP contribution in [0.2, 0.25) is 0 Å². The number of anilines is 1. The van der Waals surface area contributed by atoms with E-state index in [1.807, 2.05) is 6.20 Å². The summed E-state index contributed by atoms with van der Waals surface area (Å²) in [6, 6.07) is 4.25. The summed E-state index contributed by atoms with van der Waals surface area (Å²) in [7, 11) is 0. The fourth-order valence-electron chi connectivity index (χ4n) is 2.14. The van der Waals surface area contributed by atoms with Gasteiger partial charge in [-0.2, -0.15) is 0 Å². The van der Waals surface area contributed by atoms with E-state index in [4.69, 9.17) is 5.73 Å². The van der Waals surface area contributed by atoms with Gasteiger partial charge in [0.15, 0.2) is 0 Å². The van der Waals surface area contributed by atoms with Gasteiger partial charge in [-0.1, -0.05) is 18.6 Å². The molecule has 0 fully saturated rings. The molecule has 92 valence electrons. The maximum Gasteiger partial charge on any atom is 0.0572 e. The van der Waals surface area contributed by atoms with Crippen molar-refractivity contribution < 1.29 is 0 Å². The second-order valence-corrected chi connectivity index (χ2v) is 4.72. The highest BCUT2D eigenvalue weighted by atomic mass is 15.1. The average Bonchev–Trinajstić information content (AvgIpc) is 2.38. The fraction of sp³-hybridized carbons (Fsp3) is 0.500. The molecule has 1 aliphatic rings. The summed E-state index contributed by atoms with van der Waals surface area (Å²) >= 11 is 0. The van der Waals surface area contributed by atoms with Crippen LogP contribution in [0.15, 0.2) is 30.0 Å². The van der Waals surface area contributed by atoms with Crippen LogP contribution in [-0.4, -0.2) is 18.1 Å². The van der Waals surface area contributed by atoms with E-state index in [0.29, 0.717) is 0 Å². The van der Waals surface area contributed by atoms with Gasteiger partial charge in [-0.05, 0) is 31.9 Å². The lowest BCUT2D eigenvalue weighted by atomic mass is 10.1. The first-order valence-corrected chi connectivity index (χ1v) is 6.33. The van der Waals surface area contributed by atoms with Gasteiger partial charge in [-0.25, -0.2) is 0 Å². The Balaban J connectivity index is 2.10. The molecule has 17 heavy (non-hydrogen) atoms. The van der Waals surface area contributed by atoms with E-state index in [9.17, 15) is 0 Å². The Bertz CT molecular complexity index is 394. The molecule has 0 spiro atoms. The van der Waals surface area contributed by atoms with Crippen LogP contribution in [0.1, 0.15) is 38.4 Å². The predicted octanol–water partition coefficient (Wildman–Crippen LogP) is 2.65. The van der Waals surface area contributed by atoms with Crippen molar-refractivity contribution in [2.24, 2.45) is 5.73 Å². The van der Waals surface area contributed by atoms with Gasteiger partial charge in [0, 0.05) is 19.1 Å². The average molecular weight is 231 g/mol. The molecular formula is C14H21N3. The third-order valence-electron chi connectivity index (χ3n) is 3.29. The quantitative estimate of drug-likeness (QED) is 0.813. The highest BCUT2D eigenvalue weighted by molar-refractivity contribution is 5.47. The predicted molar refractivity (Wildman–Crippen MR) is 72.0 cm³/mol. The van der Waals surface area contributed by atoms with Crippen molar-refractivity contribution in [2.45, 2.75) is 32.7 Å². The van der Waals surface area contributed by atoms with Crippen LogP contribution < -0.4 is 10.6 Å². The number of hydrogen-bond acceptors (Lipinski definition) is 3. The fourth-order valence-corrected chi connectivity index (χ4v) is 2.14. The molecule has 0 unspecified atom stereocenters. The summed E-state index contributed by atoms with van der Waals surface area (Å²) in [5.41, 5.74) is 9.58. The zero-order valence-corrected chi connectivity index (χ0v) is 10.7.